The maximum atomic E-state index is 12.1. The predicted octanol–water partition coefficient (Wildman–Crippen LogP) is 3.45. The monoisotopic (exact) mass is 310 g/mol. The highest BCUT2D eigenvalue weighted by atomic mass is 16.2. The lowest BCUT2D eigenvalue weighted by Gasteiger charge is -2.14. The third-order valence-corrected chi connectivity index (χ3v) is 3.41. The van der Waals surface area contributed by atoms with E-state index in [2.05, 4.69) is 16.7 Å². The van der Waals surface area contributed by atoms with Crippen LogP contribution < -0.4 is 10.6 Å². The van der Waals surface area contributed by atoms with E-state index in [0.29, 0.717) is 5.56 Å². The van der Waals surface area contributed by atoms with Crippen molar-refractivity contribution >= 4 is 17.5 Å². The number of benzene rings is 2. The van der Waals surface area contributed by atoms with Gasteiger partial charge in [0.15, 0.2) is 0 Å². The summed E-state index contributed by atoms with van der Waals surface area (Å²) in [5, 5.41) is 5.71. The lowest BCUT2D eigenvalue weighted by atomic mass is 10.1. The second-order valence-corrected chi connectivity index (χ2v) is 5.87. The molecule has 0 aliphatic heterocycles. The van der Waals surface area contributed by atoms with E-state index in [4.69, 9.17) is 0 Å². The van der Waals surface area contributed by atoms with Gasteiger partial charge in [-0.15, -0.1) is 0 Å². The normalized spacial score (nSPS) is 11.6. The summed E-state index contributed by atoms with van der Waals surface area (Å²) in [6, 6.07) is 14.6. The molecule has 2 N–H and O–H groups in total. The standard InChI is InChI=1S/C19H22N2O2/c1-13-9-14(2)11-17(10-13)21-18(22)12-15(3)20-19(23)16-7-5-4-6-8-16/h4-11,15H,12H2,1-3H3,(H,20,23)(H,21,22). The van der Waals surface area contributed by atoms with E-state index < -0.39 is 0 Å². The van der Waals surface area contributed by atoms with Crippen molar-refractivity contribution < 1.29 is 9.59 Å². The zero-order chi connectivity index (χ0) is 16.8. The molecule has 0 saturated carbocycles. The van der Waals surface area contributed by atoms with E-state index in [0.717, 1.165) is 16.8 Å². The molecule has 0 aliphatic rings. The van der Waals surface area contributed by atoms with Crippen molar-refractivity contribution in [3.8, 4) is 0 Å². The van der Waals surface area contributed by atoms with Crippen molar-refractivity contribution in [1.29, 1.82) is 0 Å². The first kappa shape index (κ1) is 16.7. The molecule has 120 valence electrons. The highest BCUT2D eigenvalue weighted by Crippen LogP contribution is 2.14. The van der Waals surface area contributed by atoms with Gasteiger partial charge in [-0.3, -0.25) is 9.59 Å². The molecule has 0 heterocycles. The Morgan fingerprint density at radius 3 is 2.22 bits per heavy atom. The third-order valence-electron chi connectivity index (χ3n) is 3.41. The maximum Gasteiger partial charge on any atom is 0.251 e. The Kier molecular flexibility index (Phi) is 5.52. The molecule has 0 aliphatic carbocycles. The second kappa shape index (κ2) is 7.58. The van der Waals surface area contributed by atoms with Gasteiger partial charge in [0.1, 0.15) is 0 Å². The molecule has 0 radical (unpaired) electrons. The van der Waals surface area contributed by atoms with Gasteiger partial charge in [0, 0.05) is 23.7 Å². The number of nitrogens with one attached hydrogen (secondary N) is 2. The van der Waals surface area contributed by atoms with Gasteiger partial charge >= 0.3 is 0 Å². The zero-order valence-corrected chi connectivity index (χ0v) is 13.7. The number of amides is 2. The van der Waals surface area contributed by atoms with Crippen LogP contribution in [0.25, 0.3) is 0 Å². The smallest absolute Gasteiger partial charge is 0.251 e. The van der Waals surface area contributed by atoms with Crippen LogP contribution in [0.1, 0.15) is 34.8 Å². The Balaban J connectivity index is 1.88. The minimum Gasteiger partial charge on any atom is -0.349 e. The fraction of sp³-hybridized carbons (Fsp3) is 0.263. The van der Waals surface area contributed by atoms with E-state index in [9.17, 15) is 9.59 Å². The second-order valence-electron chi connectivity index (χ2n) is 5.87. The highest BCUT2D eigenvalue weighted by Gasteiger charge is 2.13. The molecule has 4 nitrogen and oxygen atoms in total. The van der Waals surface area contributed by atoms with Crippen LogP contribution in [0.4, 0.5) is 5.69 Å². The largest absolute Gasteiger partial charge is 0.349 e. The lowest BCUT2D eigenvalue weighted by molar-refractivity contribution is -0.116. The van der Waals surface area contributed by atoms with Gasteiger partial charge in [-0.25, -0.2) is 0 Å². The van der Waals surface area contributed by atoms with E-state index in [1.807, 2.05) is 51.1 Å². The first-order valence-electron chi connectivity index (χ1n) is 7.68. The third kappa shape index (κ3) is 5.25. The summed E-state index contributed by atoms with van der Waals surface area (Å²) < 4.78 is 0. The van der Waals surface area contributed by atoms with Crippen LogP contribution in [-0.2, 0) is 4.79 Å². The van der Waals surface area contributed by atoms with Gasteiger partial charge in [0.05, 0.1) is 0 Å². The van der Waals surface area contributed by atoms with Crippen LogP contribution in [0.15, 0.2) is 48.5 Å². The predicted molar refractivity (Wildman–Crippen MR) is 92.5 cm³/mol. The van der Waals surface area contributed by atoms with Crippen molar-refractivity contribution in [1.82, 2.24) is 5.32 Å². The number of rotatable bonds is 5. The fourth-order valence-corrected chi connectivity index (χ4v) is 2.48. The molecule has 23 heavy (non-hydrogen) atoms. The first-order valence-corrected chi connectivity index (χ1v) is 7.68. The number of anilines is 1. The Bertz CT molecular complexity index is 676. The minimum atomic E-state index is -0.242. The van der Waals surface area contributed by atoms with Gasteiger partial charge in [-0.05, 0) is 56.2 Å². The van der Waals surface area contributed by atoms with Gasteiger partial charge in [-0.2, -0.15) is 0 Å². The molecule has 1 atom stereocenters. The van der Waals surface area contributed by atoms with Crippen LogP contribution in [0.2, 0.25) is 0 Å². The molecule has 0 aromatic heterocycles. The Labute approximate surface area is 136 Å². The van der Waals surface area contributed by atoms with Gasteiger partial charge in [0.25, 0.3) is 5.91 Å². The van der Waals surface area contributed by atoms with Crippen molar-refractivity contribution in [3.05, 3.63) is 65.2 Å². The van der Waals surface area contributed by atoms with Crippen LogP contribution >= 0.6 is 0 Å². The number of hydrogen-bond donors (Lipinski definition) is 2. The summed E-state index contributed by atoms with van der Waals surface area (Å²) >= 11 is 0. The molecule has 2 rings (SSSR count). The molecule has 2 aromatic rings. The molecular formula is C19H22N2O2. The van der Waals surface area contributed by atoms with E-state index in [-0.39, 0.29) is 24.3 Å². The van der Waals surface area contributed by atoms with Crippen LogP contribution in [0, 0.1) is 13.8 Å². The molecule has 0 bridgehead atoms. The van der Waals surface area contributed by atoms with Gasteiger partial charge in [0.2, 0.25) is 5.91 Å². The summed E-state index contributed by atoms with van der Waals surface area (Å²) in [5.74, 6) is -0.284. The highest BCUT2D eigenvalue weighted by molar-refractivity contribution is 5.95. The average molecular weight is 310 g/mol. The maximum absolute atomic E-state index is 12.1. The summed E-state index contributed by atoms with van der Waals surface area (Å²) in [4.78, 5) is 24.1. The molecule has 2 amide bonds. The number of carbonyl (C=O) groups excluding carboxylic acids is 2. The summed E-state index contributed by atoms with van der Waals surface area (Å²) in [6.07, 6.45) is 0.228. The van der Waals surface area contributed by atoms with Crippen molar-refractivity contribution in [2.45, 2.75) is 33.2 Å². The van der Waals surface area contributed by atoms with Gasteiger partial charge < -0.3 is 10.6 Å². The topological polar surface area (TPSA) is 58.2 Å². The number of hydrogen-bond acceptors (Lipinski definition) is 2. The summed E-state index contributed by atoms with van der Waals surface area (Å²) in [5.41, 5.74) is 3.58. The molecule has 0 saturated heterocycles. The van der Waals surface area contributed by atoms with E-state index in [1.54, 1.807) is 12.1 Å². The van der Waals surface area contributed by atoms with Crippen molar-refractivity contribution in [3.63, 3.8) is 0 Å². The lowest BCUT2D eigenvalue weighted by Crippen LogP contribution is -2.35. The molecule has 1 unspecified atom stereocenters. The molecule has 2 aromatic carbocycles. The molecule has 0 spiro atoms. The van der Waals surface area contributed by atoms with Crippen LogP contribution in [-0.4, -0.2) is 17.9 Å². The SMILES string of the molecule is Cc1cc(C)cc(NC(=O)CC(C)NC(=O)c2ccccc2)c1. The molecule has 0 fully saturated rings. The summed E-state index contributed by atoms with van der Waals surface area (Å²) in [6.45, 7) is 5.80. The average Bonchev–Trinajstić information content (AvgIpc) is 2.46. The van der Waals surface area contributed by atoms with E-state index in [1.165, 1.54) is 0 Å². The summed E-state index contributed by atoms with van der Waals surface area (Å²) in [7, 11) is 0. The first-order chi connectivity index (χ1) is 10.9. The Hall–Kier alpha value is -2.62. The fourth-order valence-electron chi connectivity index (χ4n) is 2.48. The quantitative estimate of drug-likeness (QED) is 0.888. The van der Waals surface area contributed by atoms with E-state index >= 15 is 0 Å². The molecule has 4 heteroatoms. The zero-order valence-electron chi connectivity index (χ0n) is 13.7. The van der Waals surface area contributed by atoms with Crippen LogP contribution in [0.3, 0.4) is 0 Å². The van der Waals surface area contributed by atoms with Crippen molar-refractivity contribution in [2.75, 3.05) is 5.32 Å². The molecular weight excluding hydrogens is 288 g/mol. The minimum absolute atomic E-state index is 0.115. The number of carbonyl (C=O) groups is 2. The number of aryl methyl sites for hydroxylation is 2. The van der Waals surface area contributed by atoms with Gasteiger partial charge in [-0.1, -0.05) is 24.3 Å². The Morgan fingerprint density at radius 2 is 1.61 bits per heavy atom. The van der Waals surface area contributed by atoms with Crippen LogP contribution in [0.5, 0.6) is 0 Å². The van der Waals surface area contributed by atoms with Crippen molar-refractivity contribution in [2.24, 2.45) is 0 Å². The Morgan fingerprint density at radius 1 is 1.00 bits per heavy atom.